The van der Waals surface area contributed by atoms with Crippen LogP contribution in [-0.4, -0.2) is 11.8 Å². The van der Waals surface area contributed by atoms with E-state index in [4.69, 9.17) is 0 Å². The van der Waals surface area contributed by atoms with Crippen molar-refractivity contribution in [3.63, 3.8) is 0 Å². The minimum atomic E-state index is -0.241. The smallest absolute Gasteiger partial charge is 0.257 e. The number of amides is 2. The fraction of sp³-hybridized carbons (Fsp3) is 0.182. The first kappa shape index (κ1) is 18.9. The highest BCUT2D eigenvalue weighted by atomic mass is 32.1. The molecule has 1 aromatic heterocycles. The Morgan fingerprint density at radius 1 is 0.963 bits per heavy atom. The third-order valence-electron chi connectivity index (χ3n) is 4.13. The summed E-state index contributed by atoms with van der Waals surface area (Å²) in [4.78, 5) is 26.2. The highest BCUT2D eigenvalue weighted by Gasteiger charge is 2.13. The van der Waals surface area contributed by atoms with Crippen molar-refractivity contribution in [2.45, 2.75) is 26.2 Å². The average molecular weight is 378 g/mol. The van der Waals surface area contributed by atoms with E-state index in [9.17, 15) is 9.59 Å². The van der Waals surface area contributed by atoms with Gasteiger partial charge in [0.2, 0.25) is 5.91 Å². The highest BCUT2D eigenvalue weighted by molar-refractivity contribution is 7.09. The van der Waals surface area contributed by atoms with Gasteiger partial charge in [0.1, 0.15) is 0 Å². The van der Waals surface area contributed by atoms with Crippen molar-refractivity contribution >= 4 is 34.5 Å². The van der Waals surface area contributed by atoms with Crippen LogP contribution in [-0.2, 0) is 11.2 Å². The topological polar surface area (TPSA) is 58.2 Å². The number of thiophene rings is 1. The van der Waals surface area contributed by atoms with Crippen molar-refractivity contribution in [2.75, 3.05) is 10.6 Å². The number of rotatable bonds is 7. The molecule has 0 fully saturated rings. The van der Waals surface area contributed by atoms with Crippen LogP contribution in [0.2, 0.25) is 0 Å². The number of aryl methyl sites for hydroxylation is 2. The van der Waals surface area contributed by atoms with Crippen molar-refractivity contribution in [1.29, 1.82) is 0 Å². The lowest BCUT2D eigenvalue weighted by atomic mass is 10.1. The summed E-state index contributed by atoms with van der Waals surface area (Å²) < 4.78 is 0. The molecule has 0 atom stereocenters. The number of nitrogens with one attached hydrogen (secondary N) is 2. The predicted octanol–water partition coefficient (Wildman–Crippen LogP) is 5.27. The highest BCUT2D eigenvalue weighted by Crippen LogP contribution is 2.19. The lowest BCUT2D eigenvalue weighted by molar-refractivity contribution is -0.116. The quantitative estimate of drug-likeness (QED) is 0.588. The van der Waals surface area contributed by atoms with Crippen LogP contribution in [0.5, 0.6) is 0 Å². The molecule has 3 aromatic rings. The summed E-state index contributed by atoms with van der Waals surface area (Å²) in [5, 5.41) is 7.80. The molecule has 0 aliphatic heterocycles. The molecule has 0 unspecified atom stereocenters. The summed E-state index contributed by atoms with van der Waals surface area (Å²) in [6.07, 6.45) is 2.09. The fourth-order valence-electron chi connectivity index (χ4n) is 2.80. The Morgan fingerprint density at radius 2 is 1.81 bits per heavy atom. The lowest BCUT2D eigenvalue weighted by Crippen LogP contribution is -2.18. The van der Waals surface area contributed by atoms with E-state index >= 15 is 0 Å². The summed E-state index contributed by atoms with van der Waals surface area (Å²) in [5.41, 5.74) is 2.78. The second-order valence-corrected chi connectivity index (χ2v) is 7.38. The van der Waals surface area contributed by atoms with Crippen LogP contribution < -0.4 is 10.6 Å². The van der Waals surface area contributed by atoms with Gasteiger partial charge in [0, 0.05) is 17.0 Å². The van der Waals surface area contributed by atoms with Gasteiger partial charge in [-0.1, -0.05) is 30.3 Å². The molecule has 27 heavy (non-hydrogen) atoms. The molecule has 2 aromatic carbocycles. The Labute approximate surface area is 163 Å². The van der Waals surface area contributed by atoms with Gasteiger partial charge < -0.3 is 10.6 Å². The maximum atomic E-state index is 12.6. The molecule has 0 aliphatic rings. The molecule has 138 valence electrons. The number of carbonyl (C=O) groups excluding carboxylic acids is 2. The summed E-state index contributed by atoms with van der Waals surface area (Å²) in [5.74, 6) is -0.322. The second kappa shape index (κ2) is 9.14. The van der Waals surface area contributed by atoms with Gasteiger partial charge >= 0.3 is 0 Å². The lowest BCUT2D eigenvalue weighted by Gasteiger charge is -2.12. The number of para-hydroxylation sites is 1. The van der Waals surface area contributed by atoms with Gasteiger partial charge in [-0.3, -0.25) is 9.59 Å². The maximum absolute atomic E-state index is 12.6. The van der Waals surface area contributed by atoms with E-state index in [0.29, 0.717) is 17.7 Å². The van der Waals surface area contributed by atoms with Crippen molar-refractivity contribution in [3.8, 4) is 0 Å². The zero-order chi connectivity index (χ0) is 19.1. The monoisotopic (exact) mass is 378 g/mol. The molecular formula is C22H22N2O2S. The van der Waals surface area contributed by atoms with Crippen molar-refractivity contribution in [3.05, 3.63) is 82.0 Å². The van der Waals surface area contributed by atoms with Gasteiger partial charge in [0.15, 0.2) is 0 Å². The van der Waals surface area contributed by atoms with Crippen molar-refractivity contribution in [1.82, 2.24) is 0 Å². The van der Waals surface area contributed by atoms with Crippen LogP contribution in [0.25, 0.3) is 0 Å². The molecular weight excluding hydrogens is 356 g/mol. The Balaban J connectivity index is 1.61. The van der Waals surface area contributed by atoms with Gasteiger partial charge in [-0.25, -0.2) is 0 Å². The first-order chi connectivity index (χ1) is 13.1. The van der Waals surface area contributed by atoms with E-state index in [0.717, 1.165) is 24.1 Å². The summed E-state index contributed by atoms with van der Waals surface area (Å²) in [7, 11) is 0. The number of hydrogen-bond acceptors (Lipinski definition) is 3. The SMILES string of the molecule is Cc1cccc(NC(=O)c2ccccc2NC(=O)CCCc2cccs2)c1. The molecule has 0 bridgehead atoms. The summed E-state index contributed by atoms with van der Waals surface area (Å²) >= 11 is 1.70. The van der Waals surface area contributed by atoms with E-state index in [-0.39, 0.29) is 11.8 Å². The third kappa shape index (κ3) is 5.53. The third-order valence-corrected chi connectivity index (χ3v) is 5.07. The van der Waals surface area contributed by atoms with Gasteiger partial charge in [-0.05, 0) is 61.0 Å². The van der Waals surface area contributed by atoms with E-state index < -0.39 is 0 Å². The normalized spacial score (nSPS) is 10.4. The predicted molar refractivity (Wildman–Crippen MR) is 111 cm³/mol. The van der Waals surface area contributed by atoms with Gasteiger partial charge in [-0.2, -0.15) is 0 Å². The first-order valence-corrected chi connectivity index (χ1v) is 9.79. The van der Waals surface area contributed by atoms with Gasteiger partial charge in [-0.15, -0.1) is 11.3 Å². The molecule has 5 heteroatoms. The van der Waals surface area contributed by atoms with Crippen LogP contribution in [0.4, 0.5) is 11.4 Å². The van der Waals surface area contributed by atoms with Crippen molar-refractivity contribution in [2.24, 2.45) is 0 Å². The van der Waals surface area contributed by atoms with Crippen LogP contribution in [0.3, 0.4) is 0 Å². The molecule has 0 saturated carbocycles. The number of carbonyl (C=O) groups is 2. The first-order valence-electron chi connectivity index (χ1n) is 8.91. The Morgan fingerprint density at radius 3 is 2.59 bits per heavy atom. The van der Waals surface area contributed by atoms with E-state index in [1.165, 1.54) is 4.88 Å². The standard InChI is InChI=1S/C22H22N2O2S/c1-16-7-4-8-17(15-16)23-22(26)19-11-2-3-12-20(19)24-21(25)13-5-9-18-10-6-14-27-18/h2-4,6-8,10-12,14-15H,5,9,13H2,1H3,(H,23,26)(H,24,25). The molecule has 4 nitrogen and oxygen atoms in total. The largest absolute Gasteiger partial charge is 0.325 e. The average Bonchev–Trinajstić information content (AvgIpc) is 3.15. The van der Waals surface area contributed by atoms with Gasteiger partial charge in [0.05, 0.1) is 11.3 Å². The fourth-order valence-corrected chi connectivity index (χ4v) is 3.55. The van der Waals surface area contributed by atoms with Crippen LogP contribution in [0.1, 0.15) is 33.6 Å². The molecule has 0 aliphatic carbocycles. The minimum absolute atomic E-state index is 0.0811. The van der Waals surface area contributed by atoms with Gasteiger partial charge in [0.25, 0.3) is 5.91 Å². The summed E-state index contributed by atoms with van der Waals surface area (Å²) in [6, 6.07) is 18.8. The molecule has 0 radical (unpaired) electrons. The Hall–Kier alpha value is -2.92. The molecule has 3 rings (SSSR count). The molecule has 2 N–H and O–H groups in total. The molecule has 0 saturated heterocycles. The minimum Gasteiger partial charge on any atom is -0.325 e. The molecule has 0 spiro atoms. The van der Waals surface area contributed by atoms with Crippen LogP contribution >= 0.6 is 11.3 Å². The zero-order valence-electron chi connectivity index (χ0n) is 15.2. The second-order valence-electron chi connectivity index (χ2n) is 6.35. The van der Waals surface area contributed by atoms with Crippen LogP contribution in [0.15, 0.2) is 66.0 Å². The number of anilines is 2. The van der Waals surface area contributed by atoms with E-state index in [2.05, 4.69) is 16.7 Å². The maximum Gasteiger partial charge on any atom is 0.257 e. The molecule has 1 heterocycles. The van der Waals surface area contributed by atoms with Crippen LogP contribution in [0, 0.1) is 6.92 Å². The number of hydrogen-bond donors (Lipinski definition) is 2. The summed E-state index contributed by atoms with van der Waals surface area (Å²) in [6.45, 7) is 1.97. The van der Waals surface area contributed by atoms with E-state index in [1.807, 2.05) is 48.7 Å². The Bertz CT molecular complexity index is 920. The molecule has 2 amide bonds. The Kier molecular flexibility index (Phi) is 6.39. The zero-order valence-corrected chi connectivity index (χ0v) is 16.0. The van der Waals surface area contributed by atoms with Crippen molar-refractivity contribution < 1.29 is 9.59 Å². The van der Waals surface area contributed by atoms with E-state index in [1.54, 1.807) is 29.5 Å². The number of benzene rings is 2.